The second-order valence-electron chi connectivity index (χ2n) is 8.18. The van der Waals surface area contributed by atoms with E-state index in [1.807, 2.05) is 6.07 Å². The van der Waals surface area contributed by atoms with Crippen molar-refractivity contribution in [1.29, 1.82) is 0 Å². The smallest absolute Gasteiger partial charge is 0.290 e. The highest BCUT2D eigenvalue weighted by Crippen LogP contribution is 2.32. The van der Waals surface area contributed by atoms with Gasteiger partial charge in [-0.3, -0.25) is 19.4 Å². The number of benzene rings is 1. The summed E-state index contributed by atoms with van der Waals surface area (Å²) in [4.78, 5) is 21.7. The second-order valence-corrected chi connectivity index (χ2v) is 8.18. The summed E-state index contributed by atoms with van der Waals surface area (Å²) in [7, 11) is 0. The van der Waals surface area contributed by atoms with E-state index in [1.54, 1.807) is 0 Å². The van der Waals surface area contributed by atoms with Crippen LogP contribution in [0.1, 0.15) is 25.5 Å². The Kier molecular flexibility index (Phi) is 13.0. The molecule has 31 heavy (non-hydrogen) atoms. The van der Waals surface area contributed by atoms with Crippen molar-refractivity contribution >= 4 is 12.9 Å². The van der Waals surface area contributed by atoms with E-state index in [-0.39, 0.29) is 37.1 Å². The standard InChI is InChI=1S/C20H32N2O3.2CH2O2/c1-20(2,15-21-8-11-24-12-9-21)16-22-10-13-25-18(14-23)19(22)17-6-4-3-5-7-17;2*2-1-3/h3-7,18-19,23H,8-16H2,1-2H3;2*1H,(H,2,3)/t18-,19-;;/m1../s1. The average molecular weight is 441 g/mol. The lowest BCUT2D eigenvalue weighted by Gasteiger charge is -2.45. The van der Waals surface area contributed by atoms with Crippen LogP contribution in [0.4, 0.5) is 0 Å². The Hall–Kier alpha value is -2.04. The van der Waals surface area contributed by atoms with Crippen LogP contribution in [-0.4, -0.2) is 103 Å². The molecule has 1 aromatic rings. The summed E-state index contributed by atoms with van der Waals surface area (Å²) in [6.45, 7) is 11.6. The number of aliphatic hydroxyl groups is 1. The number of ether oxygens (including phenoxy) is 2. The molecule has 0 aromatic heterocycles. The molecule has 9 nitrogen and oxygen atoms in total. The Morgan fingerprint density at radius 3 is 2.13 bits per heavy atom. The molecule has 0 unspecified atom stereocenters. The van der Waals surface area contributed by atoms with Gasteiger partial charge < -0.3 is 24.8 Å². The van der Waals surface area contributed by atoms with Gasteiger partial charge in [-0.15, -0.1) is 0 Å². The first-order valence-electron chi connectivity index (χ1n) is 10.4. The normalized spacial score (nSPS) is 22.3. The summed E-state index contributed by atoms with van der Waals surface area (Å²) >= 11 is 0. The van der Waals surface area contributed by atoms with Crippen LogP contribution in [-0.2, 0) is 19.1 Å². The number of carboxylic acid groups (broad SMARTS) is 2. The zero-order chi connectivity index (χ0) is 23.1. The Morgan fingerprint density at radius 1 is 1.00 bits per heavy atom. The molecule has 2 fully saturated rings. The van der Waals surface area contributed by atoms with Crippen molar-refractivity contribution in [2.24, 2.45) is 5.41 Å². The van der Waals surface area contributed by atoms with Gasteiger partial charge in [-0.05, 0) is 11.0 Å². The lowest BCUT2D eigenvalue weighted by molar-refractivity contribution is -0.123. The molecule has 3 N–H and O–H groups in total. The first-order chi connectivity index (χ1) is 14.9. The molecular formula is C22H36N2O7. The first-order valence-corrected chi connectivity index (χ1v) is 10.4. The van der Waals surface area contributed by atoms with Crippen molar-refractivity contribution in [3.8, 4) is 0 Å². The van der Waals surface area contributed by atoms with E-state index in [2.05, 4.69) is 47.9 Å². The van der Waals surface area contributed by atoms with Crippen LogP contribution in [0.3, 0.4) is 0 Å². The third-order valence-corrected chi connectivity index (χ3v) is 5.16. The zero-order valence-electron chi connectivity index (χ0n) is 18.4. The second kappa shape index (κ2) is 14.9. The van der Waals surface area contributed by atoms with E-state index >= 15 is 0 Å². The monoisotopic (exact) mass is 440 g/mol. The van der Waals surface area contributed by atoms with E-state index in [1.165, 1.54) is 5.56 Å². The summed E-state index contributed by atoms with van der Waals surface area (Å²) in [5.41, 5.74) is 1.39. The van der Waals surface area contributed by atoms with Gasteiger partial charge in [-0.2, -0.15) is 0 Å². The van der Waals surface area contributed by atoms with E-state index in [0.717, 1.165) is 45.9 Å². The number of hydrogen-bond donors (Lipinski definition) is 3. The van der Waals surface area contributed by atoms with Crippen LogP contribution < -0.4 is 0 Å². The van der Waals surface area contributed by atoms with Crippen molar-refractivity contribution < 1.29 is 34.4 Å². The van der Waals surface area contributed by atoms with Gasteiger partial charge in [0.15, 0.2) is 0 Å². The van der Waals surface area contributed by atoms with Gasteiger partial charge >= 0.3 is 0 Å². The van der Waals surface area contributed by atoms with Crippen LogP contribution in [0, 0.1) is 5.41 Å². The predicted octanol–water partition coefficient (Wildman–Crippen LogP) is 1.18. The number of rotatable bonds is 6. The van der Waals surface area contributed by atoms with Gasteiger partial charge in [-0.25, -0.2) is 0 Å². The van der Waals surface area contributed by atoms with Gasteiger partial charge in [0, 0.05) is 32.7 Å². The molecule has 2 heterocycles. The summed E-state index contributed by atoms with van der Waals surface area (Å²) < 4.78 is 11.3. The van der Waals surface area contributed by atoms with Crippen LogP contribution >= 0.6 is 0 Å². The van der Waals surface area contributed by atoms with Crippen LogP contribution in [0.5, 0.6) is 0 Å². The minimum Gasteiger partial charge on any atom is -0.483 e. The fourth-order valence-electron chi connectivity index (χ4n) is 4.16. The third-order valence-electron chi connectivity index (χ3n) is 5.16. The maximum Gasteiger partial charge on any atom is 0.290 e. The Bertz CT molecular complexity index is 603. The number of nitrogens with zero attached hydrogens (tertiary/aromatic N) is 2. The van der Waals surface area contributed by atoms with Crippen molar-refractivity contribution in [3.63, 3.8) is 0 Å². The Morgan fingerprint density at radius 2 is 1.58 bits per heavy atom. The number of carbonyl (C=O) groups is 2. The van der Waals surface area contributed by atoms with Crippen LogP contribution in [0.25, 0.3) is 0 Å². The molecule has 0 radical (unpaired) electrons. The molecular weight excluding hydrogens is 404 g/mol. The lowest BCUT2D eigenvalue weighted by atomic mass is 9.89. The van der Waals surface area contributed by atoms with Crippen molar-refractivity contribution in [3.05, 3.63) is 35.9 Å². The van der Waals surface area contributed by atoms with Crippen molar-refractivity contribution in [2.75, 3.05) is 59.2 Å². The molecule has 9 heteroatoms. The largest absolute Gasteiger partial charge is 0.483 e. The highest BCUT2D eigenvalue weighted by molar-refractivity contribution is 5.33. The fraction of sp³-hybridized carbons (Fsp3) is 0.636. The number of morpholine rings is 2. The molecule has 0 aliphatic carbocycles. The predicted molar refractivity (Wildman–Crippen MR) is 116 cm³/mol. The molecule has 0 spiro atoms. The molecule has 176 valence electrons. The van der Waals surface area contributed by atoms with Gasteiger partial charge in [0.25, 0.3) is 12.9 Å². The van der Waals surface area contributed by atoms with Crippen molar-refractivity contribution in [1.82, 2.24) is 9.80 Å². The number of hydrogen-bond acceptors (Lipinski definition) is 7. The van der Waals surface area contributed by atoms with E-state index < -0.39 is 0 Å². The SMILES string of the molecule is CC(C)(CN1CCOCC1)CN1CCO[C@H](CO)[C@H]1c1ccccc1.O=CO.O=CO. The molecule has 2 atom stereocenters. The minimum atomic E-state index is -0.250. The quantitative estimate of drug-likeness (QED) is 0.560. The first kappa shape index (κ1) is 27.0. The molecule has 2 aliphatic heterocycles. The molecule has 2 aliphatic rings. The molecule has 2 saturated heterocycles. The van der Waals surface area contributed by atoms with E-state index in [4.69, 9.17) is 29.3 Å². The topological polar surface area (TPSA) is 120 Å². The summed E-state index contributed by atoms with van der Waals surface area (Å²) in [6.07, 6.45) is -0.157. The lowest BCUT2D eigenvalue weighted by Crippen LogP contribution is -2.52. The number of aliphatic hydroxyl groups excluding tert-OH is 1. The van der Waals surface area contributed by atoms with Gasteiger partial charge in [0.2, 0.25) is 0 Å². The Labute approximate surface area is 184 Å². The summed E-state index contributed by atoms with van der Waals surface area (Å²) in [6, 6.07) is 10.6. The molecule has 0 amide bonds. The molecule has 1 aromatic carbocycles. The van der Waals surface area contributed by atoms with Crippen LogP contribution in [0.15, 0.2) is 30.3 Å². The fourth-order valence-corrected chi connectivity index (χ4v) is 4.16. The summed E-state index contributed by atoms with van der Waals surface area (Å²) in [5.74, 6) is 0. The van der Waals surface area contributed by atoms with Gasteiger partial charge in [0.05, 0.1) is 32.5 Å². The van der Waals surface area contributed by atoms with Crippen LogP contribution in [0.2, 0.25) is 0 Å². The third kappa shape index (κ3) is 9.75. The average Bonchev–Trinajstić information content (AvgIpc) is 2.75. The van der Waals surface area contributed by atoms with Gasteiger partial charge in [-0.1, -0.05) is 44.2 Å². The van der Waals surface area contributed by atoms with Gasteiger partial charge in [0.1, 0.15) is 6.10 Å². The zero-order valence-corrected chi connectivity index (χ0v) is 18.4. The van der Waals surface area contributed by atoms with E-state index in [9.17, 15) is 5.11 Å². The van der Waals surface area contributed by atoms with Crippen molar-refractivity contribution in [2.45, 2.75) is 26.0 Å². The van der Waals surface area contributed by atoms with E-state index in [0.29, 0.717) is 6.61 Å². The molecule has 0 saturated carbocycles. The Balaban J connectivity index is 0.000000720. The minimum absolute atomic E-state index is 0.0555. The highest BCUT2D eigenvalue weighted by Gasteiger charge is 2.36. The maximum atomic E-state index is 9.83. The summed E-state index contributed by atoms with van der Waals surface area (Å²) in [5, 5.41) is 23.6. The highest BCUT2D eigenvalue weighted by atomic mass is 16.5. The maximum absolute atomic E-state index is 9.83. The molecule has 0 bridgehead atoms. The molecule has 3 rings (SSSR count).